The molecule has 1 unspecified atom stereocenters. The number of aromatic nitrogens is 1. The van der Waals surface area contributed by atoms with Crippen molar-refractivity contribution < 1.29 is 22.9 Å². The molecule has 182 valence electrons. The van der Waals surface area contributed by atoms with E-state index in [4.69, 9.17) is 16.3 Å². The second kappa shape index (κ2) is 10.1. The number of nitrogens with zero attached hydrogens (tertiary/aromatic N) is 3. The summed E-state index contributed by atoms with van der Waals surface area (Å²) in [7, 11) is -4.14. The lowest BCUT2D eigenvalue weighted by Gasteiger charge is -2.32. The van der Waals surface area contributed by atoms with Gasteiger partial charge in [-0.3, -0.25) is 14.9 Å². The van der Waals surface area contributed by atoms with Gasteiger partial charge in [0, 0.05) is 37.3 Å². The molecule has 2 heterocycles. The number of para-hydroxylation sites is 1. The molecule has 4 rings (SSSR count). The van der Waals surface area contributed by atoms with Crippen molar-refractivity contribution >= 4 is 39.0 Å². The van der Waals surface area contributed by atoms with Crippen LogP contribution in [0.2, 0.25) is 5.02 Å². The summed E-state index contributed by atoms with van der Waals surface area (Å²) in [4.78, 5) is 25.8. The highest BCUT2D eigenvalue weighted by atomic mass is 35.5. The number of ether oxygens (including phenoxy) is 1. The molecule has 1 amide bonds. The van der Waals surface area contributed by atoms with Crippen LogP contribution in [-0.2, 0) is 19.6 Å². The van der Waals surface area contributed by atoms with Crippen LogP contribution in [0.25, 0.3) is 11.1 Å². The Labute approximate surface area is 206 Å². The van der Waals surface area contributed by atoms with E-state index in [0.29, 0.717) is 16.4 Å². The number of halogens is 1. The highest BCUT2D eigenvalue weighted by Gasteiger charge is 2.35. The van der Waals surface area contributed by atoms with Crippen molar-refractivity contribution in [2.75, 3.05) is 25.0 Å². The van der Waals surface area contributed by atoms with E-state index in [1.807, 2.05) is 6.07 Å². The molecule has 0 bridgehead atoms. The summed E-state index contributed by atoms with van der Waals surface area (Å²) in [6.07, 6.45) is 0.912. The van der Waals surface area contributed by atoms with Crippen molar-refractivity contribution in [2.45, 2.75) is 17.9 Å². The summed E-state index contributed by atoms with van der Waals surface area (Å²) in [6, 6.07) is 14.0. The minimum atomic E-state index is -4.14. The number of carbonyl (C=O) groups is 1. The lowest BCUT2D eigenvalue weighted by atomic mass is 10.0. The minimum absolute atomic E-state index is 0.0400. The van der Waals surface area contributed by atoms with Gasteiger partial charge in [-0.1, -0.05) is 23.7 Å². The fourth-order valence-electron chi connectivity index (χ4n) is 3.83. The Hall–Kier alpha value is -3.38. The number of pyridine rings is 1. The predicted molar refractivity (Wildman–Crippen MR) is 130 cm³/mol. The first-order valence-corrected chi connectivity index (χ1v) is 12.4. The maximum Gasteiger partial charge on any atom is 0.289 e. The first kappa shape index (κ1) is 24.7. The average Bonchev–Trinajstić information content (AvgIpc) is 2.83. The maximum absolute atomic E-state index is 13.3. The van der Waals surface area contributed by atoms with Gasteiger partial charge in [0.15, 0.2) is 4.90 Å². The zero-order valence-electron chi connectivity index (χ0n) is 18.5. The summed E-state index contributed by atoms with van der Waals surface area (Å²) >= 11 is 6.37. The van der Waals surface area contributed by atoms with Gasteiger partial charge in [-0.25, -0.2) is 13.4 Å². The van der Waals surface area contributed by atoms with E-state index in [1.54, 1.807) is 30.5 Å². The van der Waals surface area contributed by atoms with Gasteiger partial charge >= 0.3 is 0 Å². The van der Waals surface area contributed by atoms with Crippen LogP contribution in [0, 0.1) is 10.1 Å². The van der Waals surface area contributed by atoms with E-state index in [-0.39, 0.29) is 30.5 Å². The first-order valence-electron chi connectivity index (χ1n) is 10.5. The van der Waals surface area contributed by atoms with E-state index in [9.17, 15) is 23.3 Å². The molecule has 12 heteroatoms. The van der Waals surface area contributed by atoms with Crippen LogP contribution in [0.4, 0.5) is 11.5 Å². The number of benzene rings is 2. The molecule has 1 atom stereocenters. The topological polar surface area (TPSA) is 132 Å². The summed E-state index contributed by atoms with van der Waals surface area (Å²) < 4.78 is 33.6. The van der Waals surface area contributed by atoms with Crippen LogP contribution in [-0.4, -0.2) is 48.2 Å². The first-order chi connectivity index (χ1) is 16.6. The third-order valence-electron chi connectivity index (χ3n) is 5.40. The normalized spacial score (nSPS) is 16.6. The largest absolute Gasteiger partial charge is 0.371 e. The van der Waals surface area contributed by atoms with Crippen LogP contribution >= 0.6 is 11.6 Å². The monoisotopic (exact) mass is 516 g/mol. The quantitative estimate of drug-likeness (QED) is 0.386. The van der Waals surface area contributed by atoms with Crippen molar-refractivity contribution in [3.63, 3.8) is 0 Å². The number of morpholine rings is 1. The highest BCUT2D eigenvalue weighted by Crippen LogP contribution is 2.34. The Morgan fingerprint density at radius 3 is 2.71 bits per heavy atom. The van der Waals surface area contributed by atoms with E-state index in [0.717, 1.165) is 17.2 Å². The molecule has 35 heavy (non-hydrogen) atoms. The van der Waals surface area contributed by atoms with Gasteiger partial charge < -0.3 is 10.1 Å². The summed E-state index contributed by atoms with van der Waals surface area (Å²) in [5.41, 5.74) is 1.64. The van der Waals surface area contributed by atoms with E-state index >= 15 is 0 Å². The zero-order valence-corrected chi connectivity index (χ0v) is 20.1. The number of hydrogen-bond donors (Lipinski definition) is 1. The Balaban J connectivity index is 1.64. The van der Waals surface area contributed by atoms with Crippen LogP contribution < -0.4 is 5.32 Å². The Kier molecular flexibility index (Phi) is 7.13. The van der Waals surface area contributed by atoms with Crippen molar-refractivity contribution in [2.24, 2.45) is 0 Å². The Bertz CT molecular complexity index is 1400. The maximum atomic E-state index is 13.3. The lowest BCUT2D eigenvalue weighted by Crippen LogP contribution is -2.42. The molecular formula is C23H21ClN4O6S. The number of sulfonamides is 1. The van der Waals surface area contributed by atoms with Crippen molar-refractivity contribution in [1.29, 1.82) is 0 Å². The van der Waals surface area contributed by atoms with Gasteiger partial charge in [0.2, 0.25) is 15.9 Å². The minimum Gasteiger partial charge on any atom is -0.371 e. The molecular weight excluding hydrogens is 496 g/mol. The fourth-order valence-corrected chi connectivity index (χ4v) is 5.66. The third kappa shape index (κ3) is 5.49. The van der Waals surface area contributed by atoms with Crippen molar-refractivity contribution in [3.8, 4) is 11.1 Å². The van der Waals surface area contributed by atoms with Gasteiger partial charge in [-0.15, -0.1) is 0 Å². The number of carbonyl (C=O) groups excluding carboxylic acids is 1. The second-order valence-corrected chi connectivity index (χ2v) is 10.2. The van der Waals surface area contributed by atoms with Gasteiger partial charge in [0.25, 0.3) is 5.69 Å². The van der Waals surface area contributed by atoms with Crippen LogP contribution in [0.1, 0.15) is 18.6 Å². The Morgan fingerprint density at radius 2 is 1.97 bits per heavy atom. The van der Waals surface area contributed by atoms with Crippen LogP contribution in [0.15, 0.2) is 65.7 Å². The number of nitrogens with one attached hydrogen (secondary N) is 1. The standard InChI is InChI=1S/C23H21ClN4O6S/c1-15(29)26-23-13-16(6-7-25-23)17-10-18(12-19(24)11-17)21-14-27(8-9-34-21)35(32,33)22-5-3-2-4-20(22)28(30)31/h2-7,10-13,21H,8-9,14H2,1H3,(H,25,26,29). The van der Waals surface area contributed by atoms with Gasteiger partial charge in [-0.05, 0) is 53.1 Å². The molecule has 2 aromatic carbocycles. The molecule has 10 nitrogen and oxygen atoms in total. The van der Waals surface area contributed by atoms with Crippen molar-refractivity contribution in [1.82, 2.24) is 9.29 Å². The molecule has 1 saturated heterocycles. The summed E-state index contributed by atoms with van der Waals surface area (Å²) in [5, 5.41) is 14.4. The van der Waals surface area contributed by atoms with Crippen LogP contribution in [0.3, 0.4) is 0 Å². The zero-order chi connectivity index (χ0) is 25.2. The van der Waals surface area contributed by atoms with Crippen molar-refractivity contribution in [3.05, 3.63) is 81.5 Å². The molecule has 0 aliphatic carbocycles. The molecule has 1 aliphatic rings. The molecule has 1 N–H and O–H groups in total. The SMILES string of the molecule is CC(=O)Nc1cc(-c2cc(Cl)cc(C3CN(S(=O)(=O)c4ccccc4[N+](=O)[O-])CCO3)c2)ccn1. The molecule has 1 aliphatic heterocycles. The van der Waals surface area contributed by atoms with Crippen LogP contribution in [0.5, 0.6) is 0 Å². The number of rotatable bonds is 6. The van der Waals surface area contributed by atoms with Gasteiger partial charge in [0.1, 0.15) is 5.82 Å². The molecule has 0 radical (unpaired) electrons. The highest BCUT2D eigenvalue weighted by molar-refractivity contribution is 7.89. The van der Waals surface area contributed by atoms with Gasteiger partial charge in [-0.2, -0.15) is 4.31 Å². The Morgan fingerprint density at radius 1 is 1.20 bits per heavy atom. The van der Waals surface area contributed by atoms with E-state index < -0.39 is 26.7 Å². The van der Waals surface area contributed by atoms with E-state index in [1.165, 1.54) is 29.4 Å². The smallest absolute Gasteiger partial charge is 0.289 e. The number of anilines is 1. The number of nitro groups is 1. The molecule has 0 spiro atoms. The van der Waals surface area contributed by atoms with E-state index in [2.05, 4.69) is 10.3 Å². The summed E-state index contributed by atoms with van der Waals surface area (Å²) in [6.45, 7) is 1.51. The fraction of sp³-hybridized carbons (Fsp3) is 0.217. The predicted octanol–water partition coefficient (Wildman–Crippen LogP) is 4.03. The average molecular weight is 517 g/mol. The number of nitro benzene ring substituents is 1. The number of amides is 1. The molecule has 0 saturated carbocycles. The molecule has 3 aromatic rings. The van der Waals surface area contributed by atoms with Gasteiger partial charge in [0.05, 0.1) is 17.6 Å². The summed E-state index contributed by atoms with van der Waals surface area (Å²) in [5.74, 6) is 0.129. The molecule has 1 aromatic heterocycles. The lowest BCUT2D eigenvalue weighted by molar-refractivity contribution is -0.387. The molecule has 1 fully saturated rings. The number of hydrogen-bond acceptors (Lipinski definition) is 7. The second-order valence-electron chi connectivity index (χ2n) is 7.83. The third-order valence-corrected chi connectivity index (χ3v) is 7.53.